The zero-order valence-electron chi connectivity index (χ0n) is 12.4. The maximum Gasteiger partial charge on any atom is 0.369 e. The van der Waals surface area contributed by atoms with Gasteiger partial charge in [-0.2, -0.15) is 5.10 Å². The molecule has 2 rings (SSSR count). The van der Waals surface area contributed by atoms with Gasteiger partial charge < -0.3 is 10.6 Å². The van der Waals surface area contributed by atoms with Gasteiger partial charge in [-0.15, -0.1) is 0 Å². The molecule has 0 fully saturated rings. The number of nitrogens with zero attached hydrogens (tertiary/aromatic N) is 3. The highest BCUT2D eigenvalue weighted by Crippen LogP contribution is 2.12. The van der Waals surface area contributed by atoms with E-state index in [0.29, 0.717) is 28.3 Å². The van der Waals surface area contributed by atoms with E-state index < -0.39 is 5.97 Å². The van der Waals surface area contributed by atoms with Crippen LogP contribution in [0.2, 0.25) is 5.02 Å². The Bertz CT molecular complexity index is 692. The van der Waals surface area contributed by atoms with Crippen LogP contribution in [0.4, 0.5) is 0 Å². The number of aromatic nitrogens is 2. The summed E-state index contributed by atoms with van der Waals surface area (Å²) in [5, 5.41) is 8.50. The van der Waals surface area contributed by atoms with E-state index in [1.807, 2.05) is 6.92 Å². The highest BCUT2D eigenvalue weighted by molar-refractivity contribution is 6.30. The number of carbonyl (C=O) groups is 1. The zero-order chi connectivity index (χ0) is 16.1. The van der Waals surface area contributed by atoms with Crippen LogP contribution < -0.4 is 5.73 Å². The lowest BCUT2D eigenvalue weighted by Gasteiger charge is -2.01. The molecule has 0 saturated carbocycles. The second kappa shape index (κ2) is 7.09. The maximum absolute atomic E-state index is 12.1. The second-order valence-corrected chi connectivity index (χ2v) is 5.21. The van der Waals surface area contributed by atoms with E-state index >= 15 is 0 Å². The second-order valence-electron chi connectivity index (χ2n) is 4.78. The molecular weight excluding hydrogens is 304 g/mol. The molecule has 1 heterocycles. The van der Waals surface area contributed by atoms with E-state index in [1.54, 1.807) is 42.2 Å². The van der Waals surface area contributed by atoms with Crippen LogP contribution in [0, 0.1) is 0 Å². The Labute approximate surface area is 133 Å². The lowest BCUT2D eigenvalue weighted by Crippen LogP contribution is -2.15. The van der Waals surface area contributed by atoms with Gasteiger partial charge in [0.05, 0.1) is 5.69 Å². The summed E-state index contributed by atoms with van der Waals surface area (Å²) in [5.41, 5.74) is 7.49. The van der Waals surface area contributed by atoms with Crippen molar-refractivity contribution in [3.8, 4) is 0 Å². The Kier molecular flexibility index (Phi) is 5.16. The summed E-state index contributed by atoms with van der Waals surface area (Å²) in [6.45, 7) is 2.01. The predicted octanol–water partition coefficient (Wildman–Crippen LogP) is 2.50. The number of rotatable bonds is 5. The van der Waals surface area contributed by atoms with Gasteiger partial charge >= 0.3 is 5.97 Å². The van der Waals surface area contributed by atoms with E-state index in [0.717, 1.165) is 6.42 Å². The first-order valence-corrected chi connectivity index (χ1v) is 7.22. The molecule has 0 spiro atoms. The van der Waals surface area contributed by atoms with Crippen LogP contribution in [0.5, 0.6) is 0 Å². The van der Waals surface area contributed by atoms with Crippen LogP contribution in [0.15, 0.2) is 35.6 Å². The van der Waals surface area contributed by atoms with Gasteiger partial charge in [0.25, 0.3) is 0 Å². The van der Waals surface area contributed by atoms with Crippen molar-refractivity contribution in [2.24, 2.45) is 17.9 Å². The highest BCUT2D eigenvalue weighted by Gasteiger charge is 2.17. The summed E-state index contributed by atoms with van der Waals surface area (Å²) in [6.07, 6.45) is 3.19. The monoisotopic (exact) mass is 320 g/mol. The van der Waals surface area contributed by atoms with Gasteiger partial charge in [-0.25, -0.2) is 4.79 Å². The van der Waals surface area contributed by atoms with Gasteiger partial charge in [0.2, 0.25) is 0 Å². The average Bonchev–Trinajstić information content (AvgIpc) is 2.86. The van der Waals surface area contributed by atoms with E-state index in [2.05, 4.69) is 10.3 Å². The number of oxime groups is 1. The number of hydrogen-bond acceptors (Lipinski definition) is 4. The molecule has 0 amide bonds. The number of nitrogens with two attached hydrogens (primary N) is 1. The number of hydrogen-bond donors (Lipinski definition) is 1. The van der Waals surface area contributed by atoms with E-state index in [-0.39, 0.29) is 5.84 Å². The zero-order valence-corrected chi connectivity index (χ0v) is 13.2. The molecule has 0 saturated heterocycles. The van der Waals surface area contributed by atoms with Gasteiger partial charge in [-0.3, -0.25) is 4.68 Å². The molecule has 0 bridgehead atoms. The minimum atomic E-state index is -0.575. The molecule has 0 radical (unpaired) electrons. The molecule has 1 aromatic heterocycles. The fourth-order valence-corrected chi connectivity index (χ4v) is 2.07. The largest absolute Gasteiger partial charge is 0.380 e. The van der Waals surface area contributed by atoms with Crippen molar-refractivity contribution in [2.45, 2.75) is 19.8 Å². The lowest BCUT2D eigenvalue weighted by atomic mass is 10.2. The fraction of sp³-hybridized carbons (Fsp3) is 0.267. The fourth-order valence-electron chi connectivity index (χ4n) is 1.94. The first-order valence-electron chi connectivity index (χ1n) is 6.84. The minimum Gasteiger partial charge on any atom is -0.380 e. The van der Waals surface area contributed by atoms with Gasteiger partial charge in [0, 0.05) is 23.8 Å². The van der Waals surface area contributed by atoms with Gasteiger partial charge in [0.1, 0.15) is 5.56 Å². The van der Waals surface area contributed by atoms with Crippen molar-refractivity contribution in [3.05, 3.63) is 52.3 Å². The topological polar surface area (TPSA) is 82.5 Å². The van der Waals surface area contributed by atoms with E-state index in [4.69, 9.17) is 22.2 Å². The van der Waals surface area contributed by atoms with Crippen molar-refractivity contribution < 1.29 is 9.63 Å². The highest BCUT2D eigenvalue weighted by atomic mass is 35.5. The Morgan fingerprint density at radius 2 is 2.09 bits per heavy atom. The first kappa shape index (κ1) is 16.0. The molecule has 116 valence electrons. The number of halogens is 1. The number of benzene rings is 1. The molecular formula is C15H17ClN4O2. The third-order valence-electron chi connectivity index (χ3n) is 2.98. The van der Waals surface area contributed by atoms with Crippen molar-refractivity contribution >= 4 is 23.4 Å². The van der Waals surface area contributed by atoms with Crippen LogP contribution in [0.3, 0.4) is 0 Å². The van der Waals surface area contributed by atoms with Crippen LogP contribution in [0.1, 0.15) is 35.0 Å². The molecule has 22 heavy (non-hydrogen) atoms. The molecule has 2 aromatic rings. The molecule has 2 N–H and O–H groups in total. The lowest BCUT2D eigenvalue weighted by molar-refractivity contribution is 0.0514. The number of carbonyl (C=O) groups excluding carboxylic acids is 1. The average molecular weight is 321 g/mol. The van der Waals surface area contributed by atoms with E-state index in [9.17, 15) is 4.79 Å². The quantitative estimate of drug-likeness (QED) is 0.397. The third-order valence-corrected chi connectivity index (χ3v) is 3.23. The Morgan fingerprint density at radius 3 is 2.73 bits per heavy atom. The predicted molar refractivity (Wildman–Crippen MR) is 84.8 cm³/mol. The minimum absolute atomic E-state index is 0.103. The summed E-state index contributed by atoms with van der Waals surface area (Å²) in [6, 6.07) is 6.76. The van der Waals surface area contributed by atoms with Crippen LogP contribution in [-0.4, -0.2) is 21.6 Å². The summed E-state index contributed by atoms with van der Waals surface area (Å²) in [4.78, 5) is 17.0. The van der Waals surface area contributed by atoms with Gasteiger partial charge in [-0.1, -0.05) is 30.1 Å². The summed E-state index contributed by atoms with van der Waals surface area (Å²) >= 11 is 5.80. The molecule has 0 aliphatic carbocycles. The van der Waals surface area contributed by atoms with E-state index in [1.165, 1.54) is 0 Å². The van der Waals surface area contributed by atoms with Crippen LogP contribution in [0.25, 0.3) is 0 Å². The maximum atomic E-state index is 12.1. The van der Waals surface area contributed by atoms with Crippen LogP contribution in [-0.2, 0) is 18.3 Å². The van der Waals surface area contributed by atoms with Gasteiger partial charge in [0.15, 0.2) is 5.84 Å². The molecule has 1 aromatic carbocycles. The molecule has 6 nitrogen and oxygen atoms in total. The van der Waals surface area contributed by atoms with Crippen molar-refractivity contribution in [3.63, 3.8) is 0 Å². The third kappa shape index (κ3) is 3.85. The van der Waals surface area contributed by atoms with Crippen molar-refractivity contribution in [1.29, 1.82) is 0 Å². The molecule has 0 atom stereocenters. The number of amidine groups is 1. The molecule has 0 aliphatic heterocycles. The normalized spacial score (nSPS) is 11.5. The summed E-state index contributed by atoms with van der Waals surface area (Å²) in [7, 11) is 1.75. The smallest absolute Gasteiger partial charge is 0.369 e. The Morgan fingerprint density at radius 1 is 1.41 bits per heavy atom. The standard InChI is InChI=1S/C15H17ClN4O2/c1-3-4-13-12(9-20(2)18-13)15(21)22-19-14(17)10-5-7-11(16)8-6-10/h5-9H,3-4H2,1-2H3,(H2,17,19). The molecule has 0 aliphatic rings. The van der Waals surface area contributed by atoms with Crippen molar-refractivity contribution in [1.82, 2.24) is 9.78 Å². The summed E-state index contributed by atoms with van der Waals surface area (Å²) < 4.78 is 1.58. The SMILES string of the molecule is CCCc1nn(C)cc1C(=O)ON=C(N)c1ccc(Cl)cc1. The molecule has 7 heteroatoms. The van der Waals surface area contributed by atoms with Crippen molar-refractivity contribution in [2.75, 3.05) is 0 Å². The summed E-state index contributed by atoms with van der Waals surface area (Å²) in [5.74, 6) is -0.473. The molecule has 0 unspecified atom stereocenters. The number of aryl methyl sites for hydroxylation is 2. The Hall–Kier alpha value is -2.34. The first-order chi connectivity index (χ1) is 10.5. The van der Waals surface area contributed by atoms with Crippen LogP contribution >= 0.6 is 11.6 Å². The van der Waals surface area contributed by atoms with Gasteiger partial charge in [-0.05, 0) is 30.7 Å². The Balaban J connectivity index is 2.11.